The van der Waals surface area contributed by atoms with Gasteiger partial charge in [0, 0.05) is 20.1 Å². The first-order valence-electron chi connectivity index (χ1n) is 11.6. The summed E-state index contributed by atoms with van der Waals surface area (Å²) >= 11 is 1.23. The number of oxazole rings is 1. The molecule has 9 nitrogen and oxygen atoms in total. The molecule has 5 rings (SSSR count). The molecule has 0 bridgehead atoms. The number of likely N-dealkylation sites (N-methyl/N-ethyl adjacent to an activating group) is 1. The summed E-state index contributed by atoms with van der Waals surface area (Å²) in [7, 11) is 3.17. The lowest BCUT2D eigenvalue weighted by molar-refractivity contribution is -0.136. The maximum absolute atomic E-state index is 14.0. The minimum absolute atomic E-state index is 0.150. The number of nitrogens with zero attached hydrogens (tertiary/aromatic N) is 4. The number of rotatable bonds is 6. The van der Waals surface area contributed by atoms with Gasteiger partial charge in [-0.05, 0) is 55.5 Å². The Balaban J connectivity index is 1.72. The minimum atomic E-state index is -0.882. The van der Waals surface area contributed by atoms with Crippen molar-refractivity contribution in [2.24, 2.45) is 0 Å². The van der Waals surface area contributed by atoms with Crippen molar-refractivity contribution < 1.29 is 18.3 Å². The molecule has 0 saturated carbocycles. The first-order chi connectivity index (χ1) is 17.3. The number of ether oxygens (including phenoxy) is 1. The van der Waals surface area contributed by atoms with Crippen LogP contribution in [0.4, 0.5) is 4.39 Å². The third-order valence-electron chi connectivity index (χ3n) is 6.66. The van der Waals surface area contributed by atoms with Gasteiger partial charge in [0.05, 0.1) is 23.6 Å². The van der Waals surface area contributed by atoms with Gasteiger partial charge in [-0.3, -0.25) is 14.2 Å². The second-order valence-corrected chi connectivity index (χ2v) is 9.81. The van der Waals surface area contributed by atoms with Crippen LogP contribution in [-0.2, 0) is 17.8 Å². The number of hydrogen-bond donors (Lipinski definition) is 0. The molecule has 1 aliphatic rings. The van der Waals surface area contributed by atoms with E-state index >= 15 is 0 Å². The number of hydrogen-bond acceptors (Lipinski definition) is 7. The molecule has 4 heterocycles. The maximum atomic E-state index is 14.0. The van der Waals surface area contributed by atoms with Gasteiger partial charge in [-0.15, -0.1) is 11.3 Å². The summed E-state index contributed by atoms with van der Waals surface area (Å²) in [6.07, 6.45) is 4.31. The molecule has 4 aromatic rings. The summed E-state index contributed by atoms with van der Waals surface area (Å²) in [5.74, 6) is 0.168. The normalized spacial score (nSPS) is 16.2. The summed E-state index contributed by atoms with van der Waals surface area (Å²) in [4.78, 5) is 47.4. The van der Waals surface area contributed by atoms with Crippen LogP contribution in [-0.4, -0.2) is 45.6 Å². The maximum Gasteiger partial charge on any atom is 0.332 e. The lowest BCUT2D eigenvalue weighted by Crippen LogP contribution is -2.49. The van der Waals surface area contributed by atoms with Crippen molar-refractivity contribution in [2.75, 3.05) is 20.7 Å². The lowest BCUT2D eigenvalue weighted by atomic mass is 10.0. The highest BCUT2D eigenvalue weighted by atomic mass is 32.1. The molecule has 0 spiro atoms. The summed E-state index contributed by atoms with van der Waals surface area (Å²) in [6, 6.07) is 3.33. The Hall–Kier alpha value is -3.73. The van der Waals surface area contributed by atoms with Gasteiger partial charge in [0.2, 0.25) is 11.8 Å². The Morgan fingerprint density at radius 1 is 1.28 bits per heavy atom. The number of fused-ring (bicyclic) bond motifs is 1. The quantitative estimate of drug-likeness (QED) is 0.393. The first kappa shape index (κ1) is 24.0. The Kier molecular flexibility index (Phi) is 6.25. The lowest BCUT2D eigenvalue weighted by Gasteiger charge is -2.30. The van der Waals surface area contributed by atoms with E-state index in [1.165, 1.54) is 53.7 Å². The first-order valence-corrected chi connectivity index (χ1v) is 12.4. The number of halogens is 1. The number of methoxy groups -OCH3 is 1. The highest BCUT2D eigenvalue weighted by Gasteiger charge is 2.33. The molecule has 0 N–H and O–H groups in total. The van der Waals surface area contributed by atoms with Crippen LogP contribution in [0.15, 0.2) is 44.7 Å². The number of piperidine rings is 1. The standard InChI is InChI=1S/C25H25FN4O5S/c1-14-19-23(32)30(17-5-4-10-28(2)22(17)31)25(33)29(24(19)36-20(14)21-27-9-12-35-21)11-8-15-13-16(26)6-7-18(15)34-3/h6-7,9,12-13,17H,4-5,8,10-11H2,1-3H3. The van der Waals surface area contributed by atoms with E-state index in [0.29, 0.717) is 57.2 Å². The van der Waals surface area contributed by atoms with Gasteiger partial charge in [-0.25, -0.2) is 18.7 Å². The zero-order valence-electron chi connectivity index (χ0n) is 20.1. The molecule has 0 radical (unpaired) electrons. The van der Waals surface area contributed by atoms with Crippen LogP contribution in [0.1, 0.15) is 30.0 Å². The van der Waals surface area contributed by atoms with Crippen LogP contribution in [0, 0.1) is 12.7 Å². The molecule has 1 atom stereocenters. The summed E-state index contributed by atoms with van der Waals surface area (Å²) in [6.45, 7) is 2.51. The van der Waals surface area contributed by atoms with Gasteiger partial charge >= 0.3 is 5.69 Å². The predicted molar refractivity (Wildman–Crippen MR) is 133 cm³/mol. The van der Waals surface area contributed by atoms with Crippen molar-refractivity contribution in [3.05, 3.63) is 68.4 Å². The average Bonchev–Trinajstić information content (AvgIpc) is 3.50. The average molecular weight is 513 g/mol. The SMILES string of the molecule is COc1ccc(F)cc1CCn1c(=O)n(C2CCCN(C)C2=O)c(=O)c2c(C)c(-c3ncco3)sc21. The van der Waals surface area contributed by atoms with Crippen molar-refractivity contribution in [1.29, 1.82) is 0 Å². The summed E-state index contributed by atoms with van der Waals surface area (Å²) in [5, 5.41) is 0.347. The van der Waals surface area contributed by atoms with Crippen LogP contribution in [0.25, 0.3) is 21.0 Å². The number of likely N-dealkylation sites (tertiary alicyclic amines) is 1. The van der Waals surface area contributed by atoms with Crippen LogP contribution in [0.5, 0.6) is 5.75 Å². The molecule has 1 fully saturated rings. The van der Waals surface area contributed by atoms with Crippen molar-refractivity contribution in [3.8, 4) is 16.5 Å². The molecule has 1 amide bonds. The zero-order valence-corrected chi connectivity index (χ0v) is 20.9. The third kappa shape index (κ3) is 3.93. The second-order valence-electron chi connectivity index (χ2n) is 8.81. The van der Waals surface area contributed by atoms with Gasteiger partial charge in [0.25, 0.3) is 5.56 Å². The number of amides is 1. The number of benzene rings is 1. The monoisotopic (exact) mass is 512 g/mol. The van der Waals surface area contributed by atoms with Crippen molar-refractivity contribution in [2.45, 2.75) is 38.8 Å². The topological polar surface area (TPSA) is 99.6 Å². The zero-order chi connectivity index (χ0) is 25.6. The van der Waals surface area contributed by atoms with E-state index in [1.807, 2.05) is 0 Å². The van der Waals surface area contributed by atoms with Crippen LogP contribution in [0.2, 0.25) is 0 Å². The van der Waals surface area contributed by atoms with Gasteiger partial charge < -0.3 is 14.1 Å². The van der Waals surface area contributed by atoms with E-state index in [-0.39, 0.29) is 18.9 Å². The van der Waals surface area contributed by atoms with Crippen molar-refractivity contribution in [3.63, 3.8) is 0 Å². The summed E-state index contributed by atoms with van der Waals surface area (Å²) in [5.41, 5.74) is 0.140. The van der Waals surface area contributed by atoms with Gasteiger partial charge in [0.15, 0.2) is 0 Å². The molecule has 1 saturated heterocycles. The molecule has 1 unspecified atom stereocenters. The Bertz CT molecular complexity index is 1570. The largest absolute Gasteiger partial charge is 0.496 e. The molecular formula is C25H25FN4O5S. The Labute approximate surface area is 209 Å². The van der Waals surface area contributed by atoms with E-state index < -0.39 is 23.1 Å². The second kappa shape index (κ2) is 9.38. The fourth-order valence-corrected chi connectivity index (χ4v) is 6.06. The van der Waals surface area contributed by atoms with E-state index in [4.69, 9.17) is 9.15 Å². The predicted octanol–water partition coefficient (Wildman–Crippen LogP) is 3.37. The minimum Gasteiger partial charge on any atom is -0.496 e. The molecule has 188 valence electrons. The number of thiophene rings is 1. The van der Waals surface area contributed by atoms with E-state index in [9.17, 15) is 18.8 Å². The number of carbonyl (C=O) groups is 1. The van der Waals surface area contributed by atoms with Gasteiger partial charge in [-0.1, -0.05) is 0 Å². The fraction of sp³-hybridized carbons (Fsp3) is 0.360. The summed E-state index contributed by atoms with van der Waals surface area (Å²) < 4.78 is 27.4. The molecule has 36 heavy (non-hydrogen) atoms. The van der Waals surface area contributed by atoms with E-state index in [1.54, 1.807) is 18.9 Å². The number of carbonyl (C=O) groups excluding carboxylic acids is 1. The van der Waals surface area contributed by atoms with E-state index in [0.717, 1.165) is 4.57 Å². The van der Waals surface area contributed by atoms with Gasteiger partial charge in [-0.2, -0.15) is 0 Å². The molecule has 11 heteroatoms. The molecule has 3 aromatic heterocycles. The molecular weight excluding hydrogens is 487 g/mol. The highest BCUT2D eigenvalue weighted by molar-refractivity contribution is 7.22. The van der Waals surface area contributed by atoms with Crippen LogP contribution in [0.3, 0.4) is 0 Å². The van der Waals surface area contributed by atoms with Crippen LogP contribution >= 0.6 is 11.3 Å². The number of aromatic nitrogens is 3. The van der Waals surface area contributed by atoms with E-state index in [2.05, 4.69) is 4.98 Å². The molecule has 1 aliphatic heterocycles. The van der Waals surface area contributed by atoms with Crippen LogP contribution < -0.4 is 16.0 Å². The highest BCUT2D eigenvalue weighted by Crippen LogP contribution is 2.36. The number of aryl methyl sites for hydroxylation is 3. The van der Waals surface area contributed by atoms with Crippen molar-refractivity contribution >= 4 is 27.5 Å². The van der Waals surface area contributed by atoms with Gasteiger partial charge in [0.1, 0.15) is 28.7 Å². The molecule has 0 aliphatic carbocycles. The van der Waals surface area contributed by atoms with Crippen molar-refractivity contribution in [1.82, 2.24) is 19.0 Å². The third-order valence-corrected chi connectivity index (χ3v) is 7.96. The Morgan fingerprint density at radius 2 is 2.08 bits per heavy atom. The Morgan fingerprint density at radius 3 is 2.81 bits per heavy atom. The fourth-order valence-electron chi connectivity index (χ4n) is 4.80. The smallest absolute Gasteiger partial charge is 0.332 e. The molecule has 1 aromatic carbocycles.